The Morgan fingerprint density at radius 2 is 2.09 bits per heavy atom. The van der Waals surface area contributed by atoms with Gasteiger partial charge in [-0.1, -0.05) is 25.7 Å². The molecule has 1 saturated carbocycles. The minimum absolute atomic E-state index is 0.278. The van der Waals surface area contributed by atoms with Crippen molar-refractivity contribution in [3.63, 3.8) is 0 Å². The van der Waals surface area contributed by atoms with E-state index in [0.717, 1.165) is 25.5 Å². The number of rotatable bonds is 1. The average molecular weight is 154 g/mol. The quantitative estimate of drug-likeness (QED) is 0.425. The molecule has 62 valence electrons. The van der Waals surface area contributed by atoms with Crippen LogP contribution in [0.1, 0.15) is 38.5 Å². The fourth-order valence-electron chi connectivity index (χ4n) is 2.00. The molecular weight excluding hydrogens is 140 g/mol. The Balaban J connectivity index is 1.98. The molecule has 2 rings (SSSR count). The van der Waals surface area contributed by atoms with Crippen molar-refractivity contribution < 1.29 is 9.53 Å². The first-order valence-electron chi connectivity index (χ1n) is 4.51. The van der Waals surface area contributed by atoms with Gasteiger partial charge in [0.15, 0.2) is 6.29 Å². The van der Waals surface area contributed by atoms with Gasteiger partial charge in [0, 0.05) is 0 Å². The van der Waals surface area contributed by atoms with E-state index in [1.54, 1.807) is 0 Å². The van der Waals surface area contributed by atoms with Crippen LogP contribution in [0.5, 0.6) is 0 Å². The summed E-state index contributed by atoms with van der Waals surface area (Å²) in [5.74, 6) is 0. The zero-order valence-electron chi connectivity index (χ0n) is 6.71. The Bertz CT molecular complexity index is 167. The first-order chi connectivity index (χ1) is 5.37. The molecule has 2 atom stereocenters. The van der Waals surface area contributed by atoms with Crippen LogP contribution in [0, 0.1) is 0 Å². The Labute approximate surface area is 66.9 Å². The van der Waals surface area contributed by atoms with E-state index in [-0.39, 0.29) is 11.7 Å². The van der Waals surface area contributed by atoms with Crippen molar-refractivity contribution in [2.24, 2.45) is 0 Å². The van der Waals surface area contributed by atoms with Crippen molar-refractivity contribution >= 4 is 6.29 Å². The van der Waals surface area contributed by atoms with Gasteiger partial charge in [0.1, 0.15) is 5.60 Å². The molecule has 0 aromatic rings. The molecule has 0 N–H and O–H groups in total. The molecule has 2 aliphatic rings. The van der Waals surface area contributed by atoms with Gasteiger partial charge in [-0.3, -0.25) is 0 Å². The summed E-state index contributed by atoms with van der Waals surface area (Å²) in [5, 5.41) is 0. The standard InChI is InChI=1S/C9H14O2/c10-7-9-6-4-2-1-3-5-8(9)11-9/h7-8H,1-6H2. The molecule has 0 amide bonds. The normalized spacial score (nSPS) is 43.5. The van der Waals surface area contributed by atoms with E-state index in [2.05, 4.69) is 0 Å². The van der Waals surface area contributed by atoms with Gasteiger partial charge in [-0.05, 0) is 12.8 Å². The molecule has 0 aromatic carbocycles. The highest BCUT2D eigenvalue weighted by atomic mass is 16.6. The predicted molar refractivity (Wildman–Crippen MR) is 41.4 cm³/mol. The van der Waals surface area contributed by atoms with Gasteiger partial charge in [-0.2, -0.15) is 0 Å². The maximum atomic E-state index is 10.7. The second-order valence-corrected chi connectivity index (χ2v) is 3.63. The molecular formula is C9H14O2. The lowest BCUT2D eigenvalue weighted by atomic mass is 9.92. The Kier molecular flexibility index (Phi) is 1.72. The predicted octanol–water partition coefficient (Wildman–Crippen LogP) is 1.68. The highest BCUT2D eigenvalue weighted by Crippen LogP contribution is 2.43. The highest BCUT2D eigenvalue weighted by molar-refractivity contribution is 5.67. The summed E-state index contributed by atoms with van der Waals surface area (Å²) in [6.45, 7) is 0. The van der Waals surface area contributed by atoms with E-state index in [1.807, 2.05) is 0 Å². The Morgan fingerprint density at radius 1 is 1.27 bits per heavy atom. The third-order valence-corrected chi connectivity index (χ3v) is 2.83. The lowest BCUT2D eigenvalue weighted by Gasteiger charge is -2.08. The molecule has 1 heterocycles. The highest BCUT2D eigenvalue weighted by Gasteiger charge is 2.55. The van der Waals surface area contributed by atoms with Crippen LogP contribution in [0.3, 0.4) is 0 Å². The number of carbonyl (C=O) groups excluding carboxylic acids is 1. The van der Waals surface area contributed by atoms with Gasteiger partial charge < -0.3 is 9.53 Å². The summed E-state index contributed by atoms with van der Waals surface area (Å²) in [6, 6.07) is 0. The van der Waals surface area contributed by atoms with E-state index in [0.29, 0.717) is 0 Å². The fourth-order valence-corrected chi connectivity index (χ4v) is 2.00. The molecule has 1 aliphatic carbocycles. The van der Waals surface area contributed by atoms with Crippen LogP contribution in [0.4, 0.5) is 0 Å². The van der Waals surface area contributed by atoms with Gasteiger partial charge in [0.25, 0.3) is 0 Å². The molecule has 0 aromatic heterocycles. The smallest absolute Gasteiger partial charge is 0.154 e. The third kappa shape index (κ3) is 1.20. The molecule has 0 radical (unpaired) electrons. The number of hydrogen-bond donors (Lipinski definition) is 0. The van der Waals surface area contributed by atoms with Gasteiger partial charge in [-0.25, -0.2) is 0 Å². The monoisotopic (exact) mass is 154 g/mol. The van der Waals surface area contributed by atoms with E-state index >= 15 is 0 Å². The number of aldehydes is 1. The average Bonchev–Trinajstić information content (AvgIpc) is 2.64. The van der Waals surface area contributed by atoms with Gasteiger partial charge in [0.2, 0.25) is 0 Å². The van der Waals surface area contributed by atoms with Gasteiger partial charge in [0.05, 0.1) is 6.10 Å². The molecule has 2 fully saturated rings. The second kappa shape index (κ2) is 2.59. The summed E-state index contributed by atoms with van der Waals surface area (Å²) >= 11 is 0. The first kappa shape index (κ1) is 7.29. The van der Waals surface area contributed by atoms with Gasteiger partial charge in [-0.15, -0.1) is 0 Å². The fraction of sp³-hybridized carbons (Fsp3) is 0.889. The zero-order valence-corrected chi connectivity index (χ0v) is 6.71. The summed E-state index contributed by atoms with van der Waals surface area (Å²) in [5.41, 5.74) is -0.319. The maximum absolute atomic E-state index is 10.7. The van der Waals surface area contributed by atoms with Crippen molar-refractivity contribution in [3.8, 4) is 0 Å². The molecule has 1 aliphatic heterocycles. The number of fused-ring (bicyclic) bond motifs is 1. The first-order valence-corrected chi connectivity index (χ1v) is 4.51. The molecule has 0 bridgehead atoms. The topological polar surface area (TPSA) is 29.6 Å². The van der Waals surface area contributed by atoms with Crippen molar-refractivity contribution in [1.82, 2.24) is 0 Å². The number of hydrogen-bond acceptors (Lipinski definition) is 2. The van der Waals surface area contributed by atoms with Crippen molar-refractivity contribution in [1.29, 1.82) is 0 Å². The Hall–Kier alpha value is -0.370. The molecule has 1 saturated heterocycles. The third-order valence-electron chi connectivity index (χ3n) is 2.83. The molecule has 11 heavy (non-hydrogen) atoms. The minimum atomic E-state index is -0.319. The SMILES string of the molecule is O=CC12CCCCCCC1O2. The number of carbonyl (C=O) groups is 1. The van der Waals surface area contributed by atoms with Crippen molar-refractivity contribution in [2.75, 3.05) is 0 Å². The summed E-state index contributed by atoms with van der Waals surface area (Å²) in [4.78, 5) is 10.7. The molecule has 2 unspecified atom stereocenters. The molecule has 0 spiro atoms. The largest absolute Gasteiger partial charge is 0.358 e. The summed E-state index contributed by atoms with van der Waals surface area (Å²) < 4.78 is 5.41. The number of epoxide rings is 1. The molecule has 2 heteroatoms. The van der Waals surface area contributed by atoms with Crippen molar-refractivity contribution in [3.05, 3.63) is 0 Å². The zero-order chi connectivity index (χ0) is 7.73. The van der Waals surface area contributed by atoms with E-state index in [4.69, 9.17) is 4.74 Å². The van der Waals surface area contributed by atoms with Crippen LogP contribution in [0.25, 0.3) is 0 Å². The number of ether oxygens (including phenoxy) is 1. The van der Waals surface area contributed by atoms with Crippen LogP contribution < -0.4 is 0 Å². The Morgan fingerprint density at radius 3 is 2.91 bits per heavy atom. The van der Waals surface area contributed by atoms with Crippen LogP contribution in [-0.2, 0) is 9.53 Å². The lowest BCUT2D eigenvalue weighted by Crippen LogP contribution is -2.18. The van der Waals surface area contributed by atoms with Crippen LogP contribution in [-0.4, -0.2) is 18.0 Å². The van der Waals surface area contributed by atoms with E-state index in [9.17, 15) is 4.79 Å². The van der Waals surface area contributed by atoms with E-state index < -0.39 is 0 Å². The molecule has 2 nitrogen and oxygen atoms in total. The van der Waals surface area contributed by atoms with Gasteiger partial charge >= 0.3 is 0 Å². The minimum Gasteiger partial charge on any atom is -0.358 e. The second-order valence-electron chi connectivity index (χ2n) is 3.63. The van der Waals surface area contributed by atoms with Crippen molar-refractivity contribution in [2.45, 2.75) is 50.2 Å². The summed E-state index contributed by atoms with van der Waals surface area (Å²) in [6.07, 6.45) is 8.33. The maximum Gasteiger partial charge on any atom is 0.154 e. The van der Waals surface area contributed by atoms with E-state index in [1.165, 1.54) is 19.3 Å². The lowest BCUT2D eigenvalue weighted by molar-refractivity contribution is -0.112. The van der Waals surface area contributed by atoms with Crippen LogP contribution in [0.2, 0.25) is 0 Å². The van der Waals surface area contributed by atoms with Crippen LogP contribution in [0.15, 0.2) is 0 Å². The van der Waals surface area contributed by atoms with Crippen LogP contribution >= 0.6 is 0 Å². The summed E-state index contributed by atoms with van der Waals surface area (Å²) in [7, 11) is 0.